The summed E-state index contributed by atoms with van der Waals surface area (Å²) >= 11 is 6.26. The molecule has 4 rings (SSSR count). The Bertz CT molecular complexity index is 1000. The second-order valence-corrected chi connectivity index (χ2v) is 6.99. The summed E-state index contributed by atoms with van der Waals surface area (Å²) in [6, 6.07) is 13.4. The number of morpholine rings is 1. The van der Waals surface area contributed by atoms with Crippen molar-refractivity contribution in [1.82, 2.24) is 4.98 Å². The van der Waals surface area contributed by atoms with Crippen molar-refractivity contribution in [3.05, 3.63) is 64.8 Å². The highest BCUT2D eigenvalue weighted by Crippen LogP contribution is 2.29. The Morgan fingerprint density at radius 2 is 1.89 bits per heavy atom. The summed E-state index contributed by atoms with van der Waals surface area (Å²) in [5.74, 6) is 0.664. The third-order valence-corrected chi connectivity index (χ3v) is 5.01. The van der Waals surface area contributed by atoms with Gasteiger partial charge in [-0.1, -0.05) is 41.9 Å². The van der Waals surface area contributed by atoms with E-state index in [0.717, 1.165) is 35.2 Å². The number of benzene rings is 2. The molecule has 1 aliphatic rings. The summed E-state index contributed by atoms with van der Waals surface area (Å²) in [7, 11) is 0. The van der Waals surface area contributed by atoms with Gasteiger partial charge in [0.1, 0.15) is 5.82 Å². The second kappa shape index (κ2) is 7.55. The lowest BCUT2D eigenvalue weighted by molar-refractivity contribution is 0.102. The van der Waals surface area contributed by atoms with Crippen LogP contribution in [0.4, 0.5) is 11.5 Å². The van der Waals surface area contributed by atoms with E-state index >= 15 is 0 Å². The van der Waals surface area contributed by atoms with Gasteiger partial charge in [0.2, 0.25) is 0 Å². The van der Waals surface area contributed by atoms with E-state index in [1.54, 1.807) is 6.20 Å². The summed E-state index contributed by atoms with van der Waals surface area (Å²) in [5, 5.41) is 5.25. The lowest BCUT2D eigenvalue weighted by Crippen LogP contribution is -2.37. The molecule has 3 aromatic rings. The van der Waals surface area contributed by atoms with Crippen LogP contribution in [0, 0.1) is 6.92 Å². The highest BCUT2D eigenvalue weighted by Gasteiger charge is 2.19. The molecule has 1 N–H and O–H groups in total. The molecule has 138 valence electrons. The third-order valence-electron chi connectivity index (χ3n) is 4.70. The fraction of sp³-hybridized carbons (Fsp3) is 0.238. The topological polar surface area (TPSA) is 54.5 Å². The largest absolute Gasteiger partial charge is 0.378 e. The molecule has 0 radical (unpaired) electrons. The van der Waals surface area contributed by atoms with Crippen LogP contribution in [-0.4, -0.2) is 37.2 Å². The van der Waals surface area contributed by atoms with Crippen LogP contribution in [0.25, 0.3) is 10.8 Å². The van der Waals surface area contributed by atoms with Gasteiger partial charge in [-0.05, 0) is 30.0 Å². The first-order chi connectivity index (χ1) is 13.1. The number of halogens is 1. The van der Waals surface area contributed by atoms with Crippen molar-refractivity contribution in [2.75, 3.05) is 36.5 Å². The number of aromatic nitrogens is 1. The number of carbonyl (C=O) groups excluding carboxylic acids is 1. The number of hydrogen-bond donors (Lipinski definition) is 1. The Labute approximate surface area is 162 Å². The number of carbonyl (C=O) groups is 1. The first-order valence-electron chi connectivity index (χ1n) is 8.91. The zero-order chi connectivity index (χ0) is 18.8. The Kier molecular flexibility index (Phi) is 4.97. The van der Waals surface area contributed by atoms with E-state index in [4.69, 9.17) is 16.3 Å². The average Bonchev–Trinajstić information content (AvgIpc) is 2.70. The molecule has 0 bridgehead atoms. The normalized spacial score (nSPS) is 14.4. The summed E-state index contributed by atoms with van der Waals surface area (Å²) < 4.78 is 5.44. The molecule has 2 heterocycles. The molecule has 0 aliphatic carbocycles. The second-order valence-electron chi connectivity index (χ2n) is 6.58. The van der Waals surface area contributed by atoms with E-state index in [0.29, 0.717) is 29.5 Å². The molecule has 0 unspecified atom stereocenters. The van der Waals surface area contributed by atoms with Gasteiger partial charge < -0.3 is 15.0 Å². The Hall–Kier alpha value is -2.63. The first-order valence-corrected chi connectivity index (χ1v) is 9.29. The quantitative estimate of drug-likeness (QED) is 0.735. The zero-order valence-corrected chi connectivity index (χ0v) is 15.8. The number of pyridine rings is 1. The van der Waals surface area contributed by atoms with Gasteiger partial charge in [-0.2, -0.15) is 0 Å². The minimum Gasteiger partial charge on any atom is -0.378 e. The molecule has 2 aromatic carbocycles. The van der Waals surface area contributed by atoms with Crippen LogP contribution in [0.15, 0.2) is 48.7 Å². The van der Waals surface area contributed by atoms with Gasteiger partial charge in [0.25, 0.3) is 5.91 Å². The van der Waals surface area contributed by atoms with E-state index in [1.165, 1.54) is 0 Å². The number of amides is 1. The number of fused-ring (bicyclic) bond motifs is 1. The van der Waals surface area contributed by atoms with Crippen molar-refractivity contribution in [2.45, 2.75) is 6.92 Å². The lowest BCUT2D eigenvalue weighted by atomic mass is 10.1. The van der Waals surface area contributed by atoms with E-state index in [-0.39, 0.29) is 5.91 Å². The minimum absolute atomic E-state index is 0.224. The summed E-state index contributed by atoms with van der Waals surface area (Å²) in [6.45, 7) is 4.91. The van der Waals surface area contributed by atoms with Gasteiger partial charge in [0.15, 0.2) is 0 Å². The van der Waals surface area contributed by atoms with Gasteiger partial charge in [-0.25, -0.2) is 4.98 Å². The van der Waals surface area contributed by atoms with Gasteiger partial charge in [0, 0.05) is 24.7 Å². The van der Waals surface area contributed by atoms with Crippen molar-refractivity contribution in [1.29, 1.82) is 0 Å². The van der Waals surface area contributed by atoms with Gasteiger partial charge >= 0.3 is 0 Å². The van der Waals surface area contributed by atoms with Crippen molar-refractivity contribution >= 4 is 39.8 Å². The maximum Gasteiger partial charge on any atom is 0.257 e. The van der Waals surface area contributed by atoms with Gasteiger partial charge in [-0.3, -0.25) is 4.79 Å². The van der Waals surface area contributed by atoms with Gasteiger partial charge in [-0.15, -0.1) is 0 Å². The molecule has 1 aliphatic heterocycles. The molecule has 6 heteroatoms. The standard InChI is InChI=1S/C21H20ClN3O2/c1-14-6-7-19(18(22)12-14)24-21(26)17-13-23-20(25-8-10-27-11-9-25)16-5-3-2-4-15(16)17/h2-7,12-13H,8-11H2,1H3,(H,24,26). The molecule has 0 atom stereocenters. The number of nitrogens with zero attached hydrogens (tertiary/aromatic N) is 2. The SMILES string of the molecule is Cc1ccc(NC(=O)c2cnc(N3CCOCC3)c3ccccc23)c(Cl)c1. The van der Waals surface area contributed by atoms with E-state index in [9.17, 15) is 4.79 Å². The minimum atomic E-state index is -0.224. The van der Waals surface area contributed by atoms with Crippen LogP contribution in [0.2, 0.25) is 5.02 Å². The molecule has 1 amide bonds. The molecule has 0 saturated carbocycles. The number of hydrogen-bond acceptors (Lipinski definition) is 4. The average molecular weight is 382 g/mol. The Balaban J connectivity index is 1.70. The Morgan fingerprint density at radius 3 is 2.63 bits per heavy atom. The number of aryl methyl sites for hydroxylation is 1. The van der Waals surface area contributed by atoms with Crippen molar-refractivity contribution < 1.29 is 9.53 Å². The number of anilines is 2. The molecule has 1 fully saturated rings. The maximum absolute atomic E-state index is 12.9. The fourth-order valence-electron chi connectivity index (χ4n) is 3.30. The lowest BCUT2D eigenvalue weighted by Gasteiger charge is -2.29. The predicted molar refractivity (Wildman–Crippen MR) is 109 cm³/mol. The van der Waals surface area contributed by atoms with Crippen LogP contribution in [0.5, 0.6) is 0 Å². The van der Waals surface area contributed by atoms with Crippen molar-refractivity contribution in [3.8, 4) is 0 Å². The monoisotopic (exact) mass is 381 g/mol. The molecule has 1 aromatic heterocycles. The van der Waals surface area contributed by atoms with Crippen molar-refractivity contribution in [2.24, 2.45) is 0 Å². The first kappa shape index (κ1) is 17.8. The van der Waals surface area contributed by atoms with Crippen LogP contribution >= 0.6 is 11.6 Å². The fourth-order valence-corrected chi connectivity index (χ4v) is 3.58. The molecule has 0 spiro atoms. The maximum atomic E-state index is 12.9. The van der Waals surface area contributed by atoms with E-state index < -0.39 is 0 Å². The molecular weight excluding hydrogens is 362 g/mol. The highest BCUT2D eigenvalue weighted by atomic mass is 35.5. The van der Waals surface area contributed by atoms with Crippen molar-refractivity contribution in [3.63, 3.8) is 0 Å². The molecular formula is C21H20ClN3O2. The number of rotatable bonds is 3. The molecule has 27 heavy (non-hydrogen) atoms. The van der Waals surface area contributed by atoms with Gasteiger partial charge in [0.05, 0.1) is 29.5 Å². The Morgan fingerprint density at radius 1 is 1.15 bits per heavy atom. The van der Waals surface area contributed by atoms with Crippen LogP contribution in [0.1, 0.15) is 15.9 Å². The molecule has 5 nitrogen and oxygen atoms in total. The number of nitrogens with one attached hydrogen (secondary N) is 1. The smallest absolute Gasteiger partial charge is 0.257 e. The highest BCUT2D eigenvalue weighted by molar-refractivity contribution is 6.34. The van der Waals surface area contributed by atoms with Crippen LogP contribution < -0.4 is 10.2 Å². The third kappa shape index (κ3) is 3.61. The number of ether oxygens (including phenoxy) is 1. The van der Waals surface area contributed by atoms with E-state index in [2.05, 4.69) is 15.2 Å². The van der Waals surface area contributed by atoms with Crippen LogP contribution in [0.3, 0.4) is 0 Å². The molecule has 1 saturated heterocycles. The van der Waals surface area contributed by atoms with E-state index in [1.807, 2.05) is 49.4 Å². The summed E-state index contributed by atoms with van der Waals surface area (Å²) in [6.07, 6.45) is 1.64. The summed E-state index contributed by atoms with van der Waals surface area (Å²) in [5.41, 5.74) is 2.16. The summed E-state index contributed by atoms with van der Waals surface area (Å²) in [4.78, 5) is 19.7. The van der Waals surface area contributed by atoms with Crippen LogP contribution in [-0.2, 0) is 4.74 Å². The zero-order valence-electron chi connectivity index (χ0n) is 15.0. The predicted octanol–water partition coefficient (Wildman–Crippen LogP) is 4.29.